The zero-order valence-electron chi connectivity index (χ0n) is 10.4. The number of hydrogen-bond donors (Lipinski definition) is 2. The molecule has 0 bridgehead atoms. The van der Waals surface area contributed by atoms with Gasteiger partial charge in [0.1, 0.15) is 5.76 Å². The standard InChI is InChI=1S/C12H17NO4S/c1-8(3-6-11(14)15)13-12(16)10-5-4-9(17-10)7-18-2/h4-5,8H,3,6-7H2,1-2H3,(H,13,16)(H,14,15). The van der Waals surface area contributed by atoms with E-state index in [0.29, 0.717) is 6.42 Å². The Morgan fingerprint density at radius 3 is 2.83 bits per heavy atom. The minimum absolute atomic E-state index is 0.0390. The fraction of sp³-hybridized carbons (Fsp3) is 0.500. The maximum absolute atomic E-state index is 11.8. The van der Waals surface area contributed by atoms with Crippen molar-refractivity contribution in [2.75, 3.05) is 6.26 Å². The molecule has 0 radical (unpaired) electrons. The van der Waals surface area contributed by atoms with Crippen LogP contribution < -0.4 is 5.32 Å². The van der Waals surface area contributed by atoms with Crippen molar-refractivity contribution in [1.82, 2.24) is 5.32 Å². The maximum Gasteiger partial charge on any atom is 0.303 e. The van der Waals surface area contributed by atoms with Gasteiger partial charge in [0, 0.05) is 12.5 Å². The minimum Gasteiger partial charge on any atom is -0.481 e. The van der Waals surface area contributed by atoms with Gasteiger partial charge in [0.15, 0.2) is 5.76 Å². The van der Waals surface area contributed by atoms with Gasteiger partial charge in [-0.05, 0) is 31.7 Å². The molecule has 5 nitrogen and oxygen atoms in total. The molecule has 0 saturated heterocycles. The number of carbonyl (C=O) groups excluding carboxylic acids is 1. The number of rotatable bonds is 7. The summed E-state index contributed by atoms with van der Waals surface area (Å²) in [4.78, 5) is 22.2. The van der Waals surface area contributed by atoms with Gasteiger partial charge in [-0.2, -0.15) is 11.8 Å². The molecule has 18 heavy (non-hydrogen) atoms. The summed E-state index contributed by atoms with van der Waals surface area (Å²) in [6, 6.07) is 3.21. The van der Waals surface area contributed by atoms with E-state index in [2.05, 4.69) is 5.32 Å². The van der Waals surface area contributed by atoms with Crippen molar-refractivity contribution in [2.24, 2.45) is 0 Å². The molecule has 0 spiro atoms. The summed E-state index contributed by atoms with van der Waals surface area (Å²) in [5, 5.41) is 11.2. The molecule has 1 heterocycles. The van der Waals surface area contributed by atoms with E-state index < -0.39 is 5.97 Å². The Morgan fingerprint density at radius 1 is 1.50 bits per heavy atom. The fourth-order valence-corrected chi connectivity index (χ4v) is 1.87. The Labute approximate surface area is 110 Å². The lowest BCUT2D eigenvalue weighted by molar-refractivity contribution is -0.137. The lowest BCUT2D eigenvalue weighted by Gasteiger charge is -2.11. The number of hydrogen-bond acceptors (Lipinski definition) is 4. The zero-order valence-corrected chi connectivity index (χ0v) is 11.3. The van der Waals surface area contributed by atoms with Crippen LogP contribution in [0.1, 0.15) is 36.1 Å². The van der Waals surface area contributed by atoms with Crippen LogP contribution >= 0.6 is 11.8 Å². The van der Waals surface area contributed by atoms with Crippen molar-refractivity contribution in [1.29, 1.82) is 0 Å². The number of nitrogens with one attached hydrogen (secondary N) is 1. The van der Waals surface area contributed by atoms with Gasteiger partial charge < -0.3 is 14.8 Å². The van der Waals surface area contributed by atoms with E-state index in [1.165, 1.54) is 0 Å². The monoisotopic (exact) mass is 271 g/mol. The summed E-state index contributed by atoms with van der Waals surface area (Å²) in [6.45, 7) is 1.77. The summed E-state index contributed by atoms with van der Waals surface area (Å²) in [5.41, 5.74) is 0. The molecule has 2 N–H and O–H groups in total. The molecule has 0 saturated carbocycles. The summed E-state index contributed by atoms with van der Waals surface area (Å²) in [5.74, 6) is 0.575. The van der Waals surface area contributed by atoms with E-state index in [1.54, 1.807) is 30.8 Å². The number of furan rings is 1. The van der Waals surface area contributed by atoms with Crippen LogP contribution in [0, 0.1) is 0 Å². The maximum atomic E-state index is 11.8. The van der Waals surface area contributed by atoms with Crippen LogP contribution in [0.5, 0.6) is 0 Å². The van der Waals surface area contributed by atoms with Gasteiger partial charge in [-0.3, -0.25) is 9.59 Å². The Bertz CT molecular complexity index is 416. The normalized spacial score (nSPS) is 12.1. The molecule has 0 fully saturated rings. The number of thioether (sulfide) groups is 1. The highest BCUT2D eigenvalue weighted by molar-refractivity contribution is 7.97. The molecule has 1 atom stereocenters. The second-order valence-corrected chi connectivity index (χ2v) is 4.87. The molecule has 6 heteroatoms. The van der Waals surface area contributed by atoms with Crippen LogP contribution in [0.2, 0.25) is 0 Å². The zero-order chi connectivity index (χ0) is 13.5. The molecular weight excluding hydrogens is 254 g/mol. The first-order valence-electron chi connectivity index (χ1n) is 5.63. The van der Waals surface area contributed by atoms with Gasteiger partial charge in [-0.25, -0.2) is 0 Å². The van der Waals surface area contributed by atoms with Gasteiger partial charge in [-0.1, -0.05) is 0 Å². The van der Waals surface area contributed by atoms with Crippen LogP contribution in [0.3, 0.4) is 0 Å². The van der Waals surface area contributed by atoms with Crippen molar-refractivity contribution < 1.29 is 19.1 Å². The second kappa shape index (κ2) is 7.10. The molecular formula is C12H17NO4S. The van der Waals surface area contributed by atoms with E-state index >= 15 is 0 Å². The predicted octanol–water partition coefficient (Wildman–Crippen LogP) is 2.13. The minimum atomic E-state index is -0.864. The van der Waals surface area contributed by atoms with Gasteiger partial charge in [0.25, 0.3) is 5.91 Å². The van der Waals surface area contributed by atoms with Crippen LogP contribution in [-0.4, -0.2) is 29.3 Å². The number of aliphatic carboxylic acids is 1. The quantitative estimate of drug-likeness (QED) is 0.794. The van der Waals surface area contributed by atoms with E-state index in [-0.39, 0.29) is 24.1 Å². The Hall–Kier alpha value is -1.43. The van der Waals surface area contributed by atoms with E-state index in [4.69, 9.17) is 9.52 Å². The third-order valence-corrected chi connectivity index (χ3v) is 2.91. The lowest BCUT2D eigenvalue weighted by atomic mass is 10.2. The third kappa shape index (κ3) is 4.83. The largest absolute Gasteiger partial charge is 0.481 e. The highest BCUT2D eigenvalue weighted by Gasteiger charge is 2.14. The third-order valence-electron chi connectivity index (χ3n) is 2.34. The summed E-state index contributed by atoms with van der Waals surface area (Å²) in [6.07, 6.45) is 2.40. The van der Waals surface area contributed by atoms with Crippen molar-refractivity contribution >= 4 is 23.6 Å². The Morgan fingerprint density at radius 2 is 2.22 bits per heavy atom. The number of carboxylic acid groups (broad SMARTS) is 1. The van der Waals surface area contributed by atoms with Crippen LogP contribution in [-0.2, 0) is 10.5 Å². The van der Waals surface area contributed by atoms with Gasteiger partial charge >= 0.3 is 5.97 Å². The first-order valence-corrected chi connectivity index (χ1v) is 7.02. The molecule has 0 aliphatic rings. The summed E-state index contributed by atoms with van der Waals surface area (Å²) < 4.78 is 5.36. The number of carboxylic acids is 1. The molecule has 100 valence electrons. The van der Waals surface area contributed by atoms with E-state index in [9.17, 15) is 9.59 Å². The van der Waals surface area contributed by atoms with Gasteiger partial charge in [-0.15, -0.1) is 0 Å². The van der Waals surface area contributed by atoms with Gasteiger partial charge in [0.05, 0.1) is 5.75 Å². The summed E-state index contributed by atoms with van der Waals surface area (Å²) >= 11 is 1.61. The smallest absolute Gasteiger partial charge is 0.303 e. The van der Waals surface area contributed by atoms with Crippen molar-refractivity contribution in [3.63, 3.8) is 0 Å². The highest BCUT2D eigenvalue weighted by atomic mass is 32.2. The Balaban J connectivity index is 2.45. The van der Waals surface area contributed by atoms with Crippen molar-refractivity contribution in [3.05, 3.63) is 23.7 Å². The lowest BCUT2D eigenvalue weighted by Crippen LogP contribution is -2.32. The first kappa shape index (κ1) is 14.6. The van der Waals surface area contributed by atoms with Crippen molar-refractivity contribution in [3.8, 4) is 0 Å². The second-order valence-electron chi connectivity index (χ2n) is 4.01. The van der Waals surface area contributed by atoms with Crippen LogP contribution in [0.15, 0.2) is 16.5 Å². The van der Waals surface area contributed by atoms with Crippen molar-refractivity contribution in [2.45, 2.75) is 31.6 Å². The predicted molar refractivity (Wildman–Crippen MR) is 69.7 cm³/mol. The van der Waals surface area contributed by atoms with Gasteiger partial charge in [0.2, 0.25) is 0 Å². The molecule has 1 aromatic heterocycles. The number of carbonyl (C=O) groups is 2. The highest BCUT2D eigenvalue weighted by Crippen LogP contribution is 2.13. The summed E-state index contributed by atoms with van der Waals surface area (Å²) in [7, 11) is 0. The molecule has 1 aromatic rings. The molecule has 1 amide bonds. The van der Waals surface area contributed by atoms with E-state index in [0.717, 1.165) is 11.5 Å². The molecule has 0 aliphatic heterocycles. The average molecular weight is 271 g/mol. The first-order chi connectivity index (χ1) is 8.52. The molecule has 1 unspecified atom stereocenters. The topological polar surface area (TPSA) is 79.5 Å². The Kier molecular flexibility index (Phi) is 5.77. The van der Waals surface area contributed by atoms with Crippen LogP contribution in [0.4, 0.5) is 0 Å². The van der Waals surface area contributed by atoms with E-state index in [1.807, 2.05) is 6.26 Å². The SMILES string of the molecule is CSCc1ccc(C(=O)NC(C)CCC(=O)O)o1. The number of amides is 1. The molecule has 0 aliphatic carbocycles. The molecule has 1 rings (SSSR count). The van der Waals surface area contributed by atoms with Crippen LogP contribution in [0.25, 0.3) is 0 Å². The molecule has 0 aromatic carbocycles. The average Bonchev–Trinajstić information content (AvgIpc) is 2.75. The fourth-order valence-electron chi connectivity index (χ4n) is 1.43.